The predicted octanol–water partition coefficient (Wildman–Crippen LogP) is 3.88. The van der Waals surface area contributed by atoms with Crippen LogP contribution >= 0.6 is 0 Å². The molecule has 0 spiro atoms. The molecule has 4 rings (SSSR count). The van der Waals surface area contributed by atoms with Crippen LogP contribution in [0.25, 0.3) is 10.9 Å². The number of hydrogen-bond donors (Lipinski definition) is 3. The lowest BCUT2D eigenvalue weighted by atomic mass is 10.2. The third-order valence-corrected chi connectivity index (χ3v) is 4.49. The summed E-state index contributed by atoms with van der Waals surface area (Å²) in [6.45, 7) is 1.47. The molecule has 0 fully saturated rings. The first-order chi connectivity index (χ1) is 15.6. The number of aromatic nitrogens is 4. The summed E-state index contributed by atoms with van der Waals surface area (Å²) in [5.74, 6) is 2.45. The van der Waals surface area contributed by atoms with E-state index in [1.807, 2.05) is 18.2 Å². The number of carbonyl (C=O) groups excluding carboxylic acids is 1. The molecule has 2 aromatic carbocycles. The third-order valence-electron chi connectivity index (χ3n) is 4.49. The van der Waals surface area contributed by atoms with Gasteiger partial charge >= 0.3 is 0 Å². The molecule has 0 unspecified atom stereocenters. The van der Waals surface area contributed by atoms with E-state index < -0.39 is 0 Å². The lowest BCUT2D eigenvalue weighted by Gasteiger charge is -2.14. The van der Waals surface area contributed by atoms with Crippen LogP contribution in [-0.2, 0) is 4.79 Å². The van der Waals surface area contributed by atoms with Crippen molar-refractivity contribution < 1.29 is 14.3 Å². The van der Waals surface area contributed by atoms with Gasteiger partial charge in [0.2, 0.25) is 11.9 Å². The van der Waals surface area contributed by atoms with Gasteiger partial charge in [-0.05, 0) is 36.4 Å². The highest BCUT2D eigenvalue weighted by molar-refractivity contribution is 5.94. The number of methoxy groups -OCH3 is 2. The average molecular weight is 431 g/mol. The second-order valence-corrected chi connectivity index (χ2v) is 6.72. The predicted molar refractivity (Wildman–Crippen MR) is 122 cm³/mol. The molecule has 2 aromatic heterocycles. The van der Waals surface area contributed by atoms with E-state index in [1.54, 1.807) is 44.7 Å². The van der Waals surface area contributed by atoms with Gasteiger partial charge in [-0.2, -0.15) is 4.98 Å². The fourth-order valence-corrected chi connectivity index (χ4v) is 3.06. The summed E-state index contributed by atoms with van der Waals surface area (Å²) in [4.78, 5) is 28.6. The van der Waals surface area contributed by atoms with Crippen molar-refractivity contribution in [2.24, 2.45) is 0 Å². The van der Waals surface area contributed by atoms with Crippen LogP contribution in [0.3, 0.4) is 0 Å². The Hall–Kier alpha value is -4.47. The monoisotopic (exact) mass is 431 g/mol. The van der Waals surface area contributed by atoms with E-state index in [4.69, 9.17) is 9.47 Å². The molecule has 0 aliphatic rings. The number of nitrogens with zero attached hydrogens (tertiary/aromatic N) is 4. The fraction of sp³-hybridized carbons (Fsp3) is 0.136. The zero-order valence-corrected chi connectivity index (χ0v) is 17.7. The van der Waals surface area contributed by atoms with Crippen molar-refractivity contribution in [2.45, 2.75) is 6.92 Å². The summed E-state index contributed by atoms with van der Waals surface area (Å²) >= 11 is 0. The topological polar surface area (TPSA) is 123 Å². The van der Waals surface area contributed by atoms with E-state index in [2.05, 4.69) is 35.9 Å². The van der Waals surface area contributed by atoms with Gasteiger partial charge in [0.05, 0.1) is 19.7 Å². The molecule has 0 bridgehead atoms. The molecule has 10 nitrogen and oxygen atoms in total. The van der Waals surface area contributed by atoms with E-state index in [-0.39, 0.29) is 5.91 Å². The molecule has 0 aliphatic heterocycles. The van der Waals surface area contributed by atoms with E-state index >= 15 is 0 Å². The second kappa shape index (κ2) is 9.13. The molecule has 0 saturated carbocycles. The Kier molecular flexibility index (Phi) is 5.93. The second-order valence-electron chi connectivity index (χ2n) is 6.72. The van der Waals surface area contributed by atoms with Gasteiger partial charge in [-0.15, -0.1) is 0 Å². The lowest BCUT2D eigenvalue weighted by Crippen LogP contribution is -2.06. The summed E-state index contributed by atoms with van der Waals surface area (Å²) in [7, 11) is 3.14. The number of benzene rings is 2. The molecule has 0 aliphatic carbocycles. The van der Waals surface area contributed by atoms with Crippen LogP contribution in [-0.4, -0.2) is 40.1 Å². The molecular weight excluding hydrogens is 410 g/mol. The van der Waals surface area contributed by atoms with Gasteiger partial charge < -0.3 is 25.4 Å². The fourth-order valence-electron chi connectivity index (χ4n) is 3.06. The first-order valence-corrected chi connectivity index (χ1v) is 9.67. The van der Waals surface area contributed by atoms with Crippen molar-refractivity contribution in [3.05, 3.63) is 55.0 Å². The zero-order valence-electron chi connectivity index (χ0n) is 17.7. The van der Waals surface area contributed by atoms with Gasteiger partial charge in [0.25, 0.3) is 0 Å². The SMILES string of the molecule is COc1cc2nc(Nc3ccncn3)nc(Nc3ccc(NC(C)=O)cc3)c2cc1OC. The van der Waals surface area contributed by atoms with Crippen molar-refractivity contribution >= 4 is 45.8 Å². The summed E-state index contributed by atoms with van der Waals surface area (Å²) in [5.41, 5.74) is 2.13. The summed E-state index contributed by atoms with van der Waals surface area (Å²) in [6.07, 6.45) is 3.06. The minimum atomic E-state index is -0.131. The highest BCUT2D eigenvalue weighted by Crippen LogP contribution is 2.35. The van der Waals surface area contributed by atoms with E-state index in [0.717, 1.165) is 11.1 Å². The van der Waals surface area contributed by atoms with E-state index in [9.17, 15) is 4.79 Å². The number of carbonyl (C=O) groups is 1. The van der Waals surface area contributed by atoms with Crippen molar-refractivity contribution in [1.82, 2.24) is 19.9 Å². The maximum atomic E-state index is 11.3. The zero-order chi connectivity index (χ0) is 22.5. The Morgan fingerprint density at radius 1 is 0.906 bits per heavy atom. The number of amides is 1. The van der Waals surface area contributed by atoms with Gasteiger partial charge in [-0.25, -0.2) is 15.0 Å². The van der Waals surface area contributed by atoms with Crippen LogP contribution in [0.4, 0.5) is 29.0 Å². The Bertz CT molecular complexity index is 1250. The van der Waals surface area contributed by atoms with Crippen LogP contribution in [0.2, 0.25) is 0 Å². The molecule has 0 atom stereocenters. The average Bonchev–Trinajstić information content (AvgIpc) is 2.80. The Labute approximate surface area is 184 Å². The van der Waals surface area contributed by atoms with Gasteiger partial charge in [0, 0.05) is 35.9 Å². The molecule has 3 N–H and O–H groups in total. The van der Waals surface area contributed by atoms with Crippen LogP contribution in [0.5, 0.6) is 11.5 Å². The van der Waals surface area contributed by atoms with Crippen molar-refractivity contribution in [1.29, 1.82) is 0 Å². The quantitative estimate of drug-likeness (QED) is 0.400. The first-order valence-electron chi connectivity index (χ1n) is 9.67. The minimum Gasteiger partial charge on any atom is -0.493 e. The van der Waals surface area contributed by atoms with Gasteiger partial charge in [-0.1, -0.05) is 0 Å². The molecule has 2 heterocycles. The van der Waals surface area contributed by atoms with Crippen molar-refractivity contribution in [2.75, 3.05) is 30.2 Å². The molecular formula is C22H21N7O3. The maximum Gasteiger partial charge on any atom is 0.230 e. The number of ether oxygens (including phenoxy) is 2. The van der Waals surface area contributed by atoms with E-state index in [0.29, 0.717) is 40.3 Å². The molecule has 32 heavy (non-hydrogen) atoms. The normalized spacial score (nSPS) is 10.5. The molecule has 10 heteroatoms. The Balaban J connectivity index is 1.76. The highest BCUT2D eigenvalue weighted by atomic mass is 16.5. The number of nitrogens with one attached hydrogen (secondary N) is 3. The van der Waals surface area contributed by atoms with Crippen molar-refractivity contribution in [3.8, 4) is 11.5 Å². The number of rotatable bonds is 7. The highest BCUT2D eigenvalue weighted by Gasteiger charge is 2.14. The summed E-state index contributed by atoms with van der Waals surface area (Å²) in [5, 5.41) is 9.88. The van der Waals surface area contributed by atoms with Gasteiger partial charge in [-0.3, -0.25) is 4.79 Å². The molecule has 1 amide bonds. The van der Waals surface area contributed by atoms with Crippen molar-refractivity contribution in [3.63, 3.8) is 0 Å². The van der Waals surface area contributed by atoms with Gasteiger partial charge in [0.15, 0.2) is 11.5 Å². The number of fused-ring (bicyclic) bond motifs is 1. The largest absolute Gasteiger partial charge is 0.493 e. The Morgan fingerprint density at radius 3 is 2.28 bits per heavy atom. The molecule has 0 radical (unpaired) electrons. The third kappa shape index (κ3) is 4.64. The molecule has 4 aromatic rings. The van der Waals surface area contributed by atoms with Gasteiger partial charge in [0.1, 0.15) is 18.0 Å². The lowest BCUT2D eigenvalue weighted by molar-refractivity contribution is -0.114. The van der Waals surface area contributed by atoms with Crippen LogP contribution in [0.15, 0.2) is 55.0 Å². The number of anilines is 5. The number of hydrogen-bond acceptors (Lipinski definition) is 9. The Morgan fingerprint density at radius 2 is 1.62 bits per heavy atom. The van der Waals surface area contributed by atoms with Crippen LogP contribution in [0, 0.1) is 0 Å². The standard InChI is InChI=1S/C22H21N7O3/c1-13(30)25-14-4-6-15(7-5-14)26-21-16-10-18(31-2)19(32-3)11-17(16)27-22(29-21)28-20-8-9-23-12-24-20/h4-12H,1-3H3,(H,25,30)(H2,23,24,26,27,28,29). The van der Waals surface area contributed by atoms with E-state index in [1.165, 1.54) is 13.3 Å². The first kappa shape index (κ1) is 20.8. The smallest absolute Gasteiger partial charge is 0.230 e. The summed E-state index contributed by atoms with van der Waals surface area (Å²) < 4.78 is 10.9. The van der Waals surface area contributed by atoms with Crippen LogP contribution in [0.1, 0.15) is 6.92 Å². The summed E-state index contributed by atoms with van der Waals surface area (Å²) in [6, 6.07) is 12.6. The minimum absolute atomic E-state index is 0.131. The maximum absolute atomic E-state index is 11.3. The molecule has 0 saturated heterocycles. The molecule has 162 valence electrons. The van der Waals surface area contributed by atoms with Crippen LogP contribution < -0.4 is 25.4 Å².